The van der Waals surface area contributed by atoms with Crippen LogP contribution < -0.4 is 0 Å². The van der Waals surface area contributed by atoms with Crippen molar-refractivity contribution in [2.75, 3.05) is 0 Å². The molecule has 1 unspecified atom stereocenters. The van der Waals surface area contributed by atoms with Crippen LogP contribution in [0, 0.1) is 0 Å². The van der Waals surface area contributed by atoms with Crippen LogP contribution in [0.5, 0.6) is 0 Å². The molecule has 2 heteroatoms. The van der Waals surface area contributed by atoms with Gasteiger partial charge in [0.25, 0.3) is 0 Å². The van der Waals surface area contributed by atoms with Crippen LogP contribution in [0.4, 0.5) is 0 Å². The average Bonchev–Trinajstić information content (AvgIpc) is 2.18. The molecule has 0 amide bonds. The summed E-state index contributed by atoms with van der Waals surface area (Å²) in [6.07, 6.45) is 0. The van der Waals surface area contributed by atoms with Crippen LogP contribution >= 0.6 is 0 Å². The van der Waals surface area contributed by atoms with Gasteiger partial charge in [0.15, 0.2) is 0 Å². The molecular weight excluding hydrogens is 267 g/mol. The maximum absolute atomic E-state index is 5.54. The molecule has 0 bridgehead atoms. The molecule has 1 aromatic carbocycles. The summed E-state index contributed by atoms with van der Waals surface area (Å²) in [4.78, 5) is 0. The van der Waals surface area contributed by atoms with E-state index in [-0.39, 0.29) is 5.60 Å². The first-order valence-corrected chi connectivity index (χ1v) is 5.64. The van der Waals surface area contributed by atoms with Gasteiger partial charge in [-0.05, 0) is 0 Å². The van der Waals surface area contributed by atoms with Gasteiger partial charge in [-0.25, -0.2) is 0 Å². The summed E-state index contributed by atoms with van der Waals surface area (Å²) in [5.41, 5.74) is 1.29. The summed E-state index contributed by atoms with van der Waals surface area (Å²) >= 11 is 1.14. The number of rotatable bonds is 3. The first-order valence-electron chi connectivity index (χ1n) is 4.47. The van der Waals surface area contributed by atoms with Crippen LogP contribution in [-0.4, -0.2) is 28.5 Å². The van der Waals surface area contributed by atoms with Gasteiger partial charge in [0.05, 0.1) is 0 Å². The Labute approximate surface area is 94.1 Å². The number of hydrogen-bond donors (Lipinski definition) is 0. The molecule has 0 N–H and O–H groups in total. The van der Waals surface area contributed by atoms with Crippen molar-refractivity contribution in [3.05, 3.63) is 35.9 Å². The Bertz CT molecular complexity index is 256. The van der Waals surface area contributed by atoms with Crippen molar-refractivity contribution in [1.29, 1.82) is 0 Å². The third-order valence-corrected chi connectivity index (χ3v) is 4.11. The molecule has 0 heterocycles. The molecule has 0 aliphatic carbocycles. The van der Waals surface area contributed by atoms with E-state index in [4.69, 9.17) is 3.07 Å². The van der Waals surface area contributed by atoms with E-state index < -0.39 is 0 Å². The van der Waals surface area contributed by atoms with Crippen LogP contribution in [-0.2, 0) is 3.07 Å². The van der Waals surface area contributed by atoms with E-state index in [1.165, 1.54) is 5.56 Å². The molecule has 1 aromatic rings. The van der Waals surface area contributed by atoms with Crippen LogP contribution in [0.2, 0.25) is 0 Å². The molecule has 1 nitrogen and oxygen atoms in total. The van der Waals surface area contributed by atoms with Gasteiger partial charge in [-0.1, -0.05) is 0 Å². The zero-order chi connectivity index (χ0) is 9.90. The van der Waals surface area contributed by atoms with Crippen molar-refractivity contribution in [2.24, 2.45) is 0 Å². The van der Waals surface area contributed by atoms with E-state index in [0.29, 0.717) is 5.92 Å². The minimum absolute atomic E-state index is 0.0559. The number of hydrogen-bond acceptors (Lipinski definition) is 1. The normalized spacial score (nSPS) is 14.2. The molecule has 0 aliphatic rings. The SMILES string of the molecule is CC(c1ccccc1)C(C)(C)[O][Sn]. The maximum atomic E-state index is 5.54. The summed E-state index contributed by atoms with van der Waals surface area (Å²) in [5, 5.41) is 0. The molecule has 69 valence electrons. The predicted octanol–water partition coefficient (Wildman–Crippen LogP) is 2.67. The number of benzene rings is 1. The van der Waals surface area contributed by atoms with Crippen LogP contribution in [0.25, 0.3) is 0 Å². The summed E-state index contributed by atoms with van der Waals surface area (Å²) in [5.74, 6) is 0.438. The average molecular weight is 282 g/mol. The molecule has 1 atom stereocenters. The Morgan fingerprint density at radius 2 is 1.77 bits per heavy atom. The van der Waals surface area contributed by atoms with E-state index in [2.05, 4.69) is 45.0 Å². The molecule has 0 saturated carbocycles. The molecule has 0 fully saturated rings. The quantitative estimate of drug-likeness (QED) is 0.774. The van der Waals surface area contributed by atoms with Crippen molar-refractivity contribution in [2.45, 2.75) is 32.3 Å². The fourth-order valence-electron chi connectivity index (χ4n) is 1.23. The Kier molecular flexibility index (Phi) is 3.80. The molecular formula is C11H15OSn. The molecule has 0 aliphatic heterocycles. The molecule has 0 aromatic heterocycles. The molecule has 3 radical (unpaired) electrons. The van der Waals surface area contributed by atoms with Gasteiger partial charge >= 0.3 is 94.2 Å². The molecule has 13 heavy (non-hydrogen) atoms. The second-order valence-electron chi connectivity index (χ2n) is 3.84. The Morgan fingerprint density at radius 1 is 1.23 bits per heavy atom. The second kappa shape index (κ2) is 4.47. The Balaban J connectivity index is 2.85. The van der Waals surface area contributed by atoms with Crippen LogP contribution in [0.15, 0.2) is 30.3 Å². The van der Waals surface area contributed by atoms with Crippen LogP contribution in [0.1, 0.15) is 32.3 Å². The van der Waals surface area contributed by atoms with Gasteiger partial charge in [-0.2, -0.15) is 0 Å². The van der Waals surface area contributed by atoms with Crippen molar-refractivity contribution in [1.82, 2.24) is 0 Å². The zero-order valence-electron chi connectivity index (χ0n) is 8.37. The molecule has 1 rings (SSSR count). The van der Waals surface area contributed by atoms with Gasteiger partial charge in [0.2, 0.25) is 0 Å². The monoisotopic (exact) mass is 283 g/mol. The first-order chi connectivity index (χ1) is 6.08. The van der Waals surface area contributed by atoms with Crippen molar-refractivity contribution >= 4 is 22.9 Å². The van der Waals surface area contributed by atoms with Gasteiger partial charge in [0.1, 0.15) is 0 Å². The van der Waals surface area contributed by atoms with E-state index in [0.717, 1.165) is 22.9 Å². The second-order valence-corrected chi connectivity index (χ2v) is 4.42. The predicted molar refractivity (Wildman–Crippen MR) is 55.8 cm³/mol. The van der Waals surface area contributed by atoms with Gasteiger partial charge in [-0.3, -0.25) is 0 Å². The molecule has 0 saturated heterocycles. The summed E-state index contributed by atoms with van der Waals surface area (Å²) in [6, 6.07) is 10.5. The summed E-state index contributed by atoms with van der Waals surface area (Å²) in [7, 11) is 0. The third-order valence-electron chi connectivity index (χ3n) is 2.61. The minimum atomic E-state index is -0.0559. The van der Waals surface area contributed by atoms with Crippen molar-refractivity contribution < 1.29 is 3.07 Å². The van der Waals surface area contributed by atoms with E-state index >= 15 is 0 Å². The Morgan fingerprint density at radius 3 is 2.23 bits per heavy atom. The van der Waals surface area contributed by atoms with Crippen molar-refractivity contribution in [3.8, 4) is 0 Å². The van der Waals surface area contributed by atoms with E-state index in [1.807, 2.05) is 6.07 Å². The zero-order valence-corrected chi connectivity index (χ0v) is 11.2. The third kappa shape index (κ3) is 2.71. The first kappa shape index (κ1) is 11.1. The fourth-order valence-corrected chi connectivity index (χ4v) is 1.74. The van der Waals surface area contributed by atoms with Crippen molar-refractivity contribution in [3.63, 3.8) is 0 Å². The van der Waals surface area contributed by atoms with E-state index in [9.17, 15) is 0 Å². The standard InChI is InChI=1S/C11H15O.Sn/c1-9(11(2,3)12)10-7-5-4-6-8-10;/h4-9H,1-3H3;/q-1;+1. The fraction of sp³-hybridized carbons (Fsp3) is 0.455. The van der Waals surface area contributed by atoms with Crippen LogP contribution in [0.3, 0.4) is 0 Å². The summed E-state index contributed by atoms with van der Waals surface area (Å²) in [6.45, 7) is 6.48. The topological polar surface area (TPSA) is 9.23 Å². The molecule has 0 spiro atoms. The van der Waals surface area contributed by atoms with Gasteiger partial charge < -0.3 is 0 Å². The van der Waals surface area contributed by atoms with Gasteiger partial charge in [0, 0.05) is 0 Å². The summed E-state index contributed by atoms with van der Waals surface area (Å²) < 4.78 is 5.54. The van der Waals surface area contributed by atoms with E-state index in [1.54, 1.807) is 0 Å². The van der Waals surface area contributed by atoms with Gasteiger partial charge in [-0.15, -0.1) is 0 Å². The Hall–Kier alpha value is -0.0213.